The van der Waals surface area contributed by atoms with Crippen LogP contribution in [0.15, 0.2) is 24.5 Å². The number of rotatable bonds is 6. The van der Waals surface area contributed by atoms with Crippen LogP contribution < -0.4 is 5.32 Å². The van der Waals surface area contributed by atoms with Gasteiger partial charge in [0.1, 0.15) is 0 Å². The van der Waals surface area contributed by atoms with Gasteiger partial charge in [0.2, 0.25) is 11.8 Å². The fraction of sp³-hybridized carbons (Fsp3) is 0.562. The van der Waals surface area contributed by atoms with Gasteiger partial charge in [0.25, 0.3) is 0 Å². The highest BCUT2D eigenvalue weighted by Gasteiger charge is 2.22. The van der Waals surface area contributed by atoms with Crippen molar-refractivity contribution < 1.29 is 9.59 Å². The molecule has 114 valence electrons. The first-order valence-corrected chi connectivity index (χ1v) is 7.57. The molecule has 21 heavy (non-hydrogen) atoms. The molecule has 5 nitrogen and oxygen atoms in total. The Kier molecular flexibility index (Phi) is 5.72. The van der Waals surface area contributed by atoms with E-state index in [-0.39, 0.29) is 17.7 Å². The van der Waals surface area contributed by atoms with Gasteiger partial charge in [-0.1, -0.05) is 12.8 Å². The highest BCUT2D eigenvalue weighted by molar-refractivity contribution is 5.80. The quantitative estimate of drug-likeness (QED) is 0.867. The van der Waals surface area contributed by atoms with Crippen LogP contribution in [0.3, 0.4) is 0 Å². The molecule has 1 N–H and O–H groups in total. The van der Waals surface area contributed by atoms with Crippen LogP contribution in [-0.2, 0) is 16.1 Å². The van der Waals surface area contributed by atoms with Crippen LogP contribution in [0.25, 0.3) is 0 Å². The molecule has 0 spiro atoms. The normalized spacial score (nSPS) is 14.9. The fourth-order valence-electron chi connectivity index (χ4n) is 2.67. The lowest BCUT2D eigenvalue weighted by Crippen LogP contribution is -2.34. The van der Waals surface area contributed by atoms with Crippen LogP contribution >= 0.6 is 0 Å². The number of nitrogens with one attached hydrogen (secondary N) is 1. The summed E-state index contributed by atoms with van der Waals surface area (Å²) in [5, 5.41) is 2.88. The summed E-state index contributed by atoms with van der Waals surface area (Å²) in [5.74, 6) is 0.310. The molecule has 1 aromatic heterocycles. The van der Waals surface area contributed by atoms with Gasteiger partial charge in [-0.3, -0.25) is 14.6 Å². The third-order valence-electron chi connectivity index (χ3n) is 3.96. The lowest BCUT2D eigenvalue weighted by atomic mass is 10.1. The van der Waals surface area contributed by atoms with Crippen molar-refractivity contribution in [3.63, 3.8) is 0 Å². The largest absolute Gasteiger partial charge is 0.355 e. The van der Waals surface area contributed by atoms with Crippen molar-refractivity contribution in [3.05, 3.63) is 30.1 Å². The molecule has 1 heterocycles. The standard InChI is InChI=1S/C16H23N3O2/c1-19(12-13-6-9-17-10-7-13)15(20)8-11-18-16(21)14-4-2-3-5-14/h6-7,9-10,14H,2-5,8,11-12H2,1H3,(H,18,21). The Hall–Kier alpha value is -1.91. The maximum atomic E-state index is 12.0. The van der Waals surface area contributed by atoms with E-state index in [9.17, 15) is 9.59 Å². The van der Waals surface area contributed by atoms with Crippen LogP contribution in [0.5, 0.6) is 0 Å². The molecule has 0 aromatic carbocycles. The van der Waals surface area contributed by atoms with E-state index in [2.05, 4.69) is 10.3 Å². The molecule has 2 rings (SSSR count). The van der Waals surface area contributed by atoms with Crippen LogP contribution in [0.1, 0.15) is 37.7 Å². The highest BCUT2D eigenvalue weighted by atomic mass is 16.2. The van der Waals surface area contributed by atoms with Crippen LogP contribution in [-0.4, -0.2) is 35.3 Å². The summed E-state index contributed by atoms with van der Waals surface area (Å²) in [6.07, 6.45) is 8.05. The number of aromatic nitrogens is 1. The third kappa shape index (κ3) is 4.85. The Morgan fingerprint density at radius 3 is 2.62 bits per heavy atom. The van der Waals surface area contributed by atoms with E-state index < -0.39 is 0 Å². The van der Waals surface area contributed by atoms with E-state index in [0.717, 1.165) is 31.2 Å². The van der Waals surface area contributed by atoms with Gasteiger partial charge < -0.3 is 10.2 Å². The summed E-state index contributed by atoms with van der Waals surface area (Å²) in [5.41, 5.74) is 1.05. The van der Waals surface area contributed by atoms with Crippen molar-refractivity contribution in [2.24, 2.45) is 5.92 Å². The number of amides is 2. The highest BCUT2D eigenvalue weighted by Crippen LogP contribution is 2.24. The number of carbonyl (C=O) groups is 2. The number of pyridine rings is 1. The zero-order valence-corrected chi connectivity index (χ0v) is 12.5. The van der Waals surface area contributed by atoms with Crippen LogP contribution in [0.4, 0.5) is 0 Å². The summed E-state index contributed by atoms with van der Waals surface area (Å²) in [4.78, 5) is 29.5. The van der Waals surface area contributed by atoms with Gasteiger partial charge in [0.05, 0.1) is 0 Å². The Morgan fingerprint density at radius 2 is 1.95 bits per heavy atom. The zero-order chi connectivity index (χ0) is 15.1. The van der Waals surface area contributed by atoms with Crippen molar-refractivity contribution in [2.75, 3.05) is 13.6 Å². The average molecular weight is 289 g/mol. The molecule has 1 aliphatic carbocycles. The molecular formula is C16H23N3O2. The first-order valence-electron chi connectivity index (χ1n) is 7.57. The molecule has 1 saturated carbocycles. The lowest BCUT2D eigenvalue weighted by Gasteiger charge is -2.17. The minimum absolute atomic E-state index is 0.0403. The van der Waals surface area contributed by atoms with E-state index in [0.29, 0.717) is 19.5 Å². The number of hydrogen-bond donors (Lipinski definition) is 1. The van der Waals surface area contributed by atoms with Crippen molar-refractivity contribution in [3.8, 4) is 0 Å². The second kappa shape index (κ2) is 7.76. The van der Waals surface area contributed by atoms with Crippen LogP contribution in [0, 0.1) is 5.92 Å². The number of carbonyl (C=O) groups excluding carboxylic acids is 2. The van der Waals surface area contributed by atoms with Crippen LogP contribution in [0.2, 0.25) is 0 Å². The van der Waals surface area contributed by atoms with E-state index in [4.69, 9.17) is 0 Å². The van der Waals surface area contributed by atoms with Crippen molar-refractivity contribution >= 4 is 11.8 Å². The minimum Gasteiger partial charge on any atom is -0.355 e. The molecule has 1 fully saturated rings. The smallest absolute Gasteiger partial charge is 0.224 e. The van der Waals surface area contributed by atoms with E-state index >= 15 is 0 Å². The van der Waals surface area contributed by atoms with Crippen molar-refractivity contribution in [1.82, 2.24) is 15.2 Å². The van der Waals surface area contributed by atoms with E-state index in [1.807, 2.05) is 12.1 Å². The van der Waals surface area contributed by atoms with E-state index in [1.54, 1.807) is 24.3 Å². The molecule has 0 bridgehead atoms. The summed E-state index contributed by atoms with van der Waals surface area (Å²) >= 11 is 0. The molecule has 0 unspecified atom stereocenters. The van der Waals surface area contributed by atoms with Gasteiger partial charge in [-0.25, -0.2) is 0 Å². The Balaban J connectivity index is 1.67. The summed E-state index contributed by atoms with van der Waals surface area (Å²) < 4.78 is 0. The molecule has 0 aliphatic heterocycles. The fourth-order valence-corrected chi connectivity index (χ4v) is 2.67. The molecule has 0 saturated heterocycles. The predicted molar refractivity (Wildman–Crippen MR) is 80.3 cm³/mol. The predicted octanol–water partition coefficient (Wildman–Crippen LogP) is 1.74. The maximum Gasteiger partial charge on any atom is 0.224 e. The first-order chi connectivity index (χ1) is 10.2. The summed E-state index contributed by atoms with van der Waals surface area (Å²) in [6.45, 7) is 0.993. The van der Waals surface area contributed by atoms with E-state index in [1.165, 1.54) is 0 Å². The van der Waals surface area contributed by atoms with Crippen molar-refractivity contribution in [1.29, 1.82) is 0 Å². The summed E-state index contributed by atoms with van der Waals surface area (Å²) in [6, 6.07) is 3.79. The second-order valence-electron chi connectivity index (χ2n) is 5.63. The van der Waals surface area contributed by atoms with Gasteiger partial charge in [0.15, 0.2) is 0 Å². The molecule has 1 aromatic rings. The summed E-state index contributed by atoms with van der Waals surface area (Å²) in [7, 11) is 1.78. The minimum atomic E-state index is 0.0403. The molecule has 5 heteroatoms. The second-order valence-corrected chi connectivity index (χ2v) is 5.63. The Morgan fingerprint density at radius 1 is 1.29 bits per heavy atom. The maximum absolute atomic E-state index is 12.0. The third-order valence-corrected chi connectivity index (χ3v) is 3.96. The molecule has 0 atom stereocenters. The molecule has 2 amide bonds. The number of hydrogen-bond acceptors (Lipinski definition) is 3. The Bertz CT molecular complexity index is 470. The first kappa shape index (κ1) is 15.5. The van der Waals surface area contributed by atoms with Gasteiger partial charge in [0, 0.05) is 44.9 Å². The molecule has 0 radical (unpaired) electrons. The average Bonchev–Trinajstić information content (AvgIpc) is 3.02. The van der Waals surface area contributed by atoms with Gasteiger partial charge in [-0.2, -0.15) is 0 Å². The lowest BCUT2D eigenvalue weighted by molar-refractivity contribution is -0.130. The van der Waals surface area contributed by atoms with Gasteiger partial charge >= 0.3 is 0 Å². The SMILES string of the molecule is CN(Cc1ccncc1)C(=O)CCNC(=O)C1CCCC1. The monoisotopic (exact) mass is 289 g/mol. The molecule has 1 aliphatic rings. The topological polar surface area (TPSA) is 62.3 Å². The van der Waals surface area contributed by atoms with Gasteiger partial charge in [-0.05, 0) is 30.5 Å². The molecular weight excluding hydrogens is 266 g/mol. The van der Waals surface area contributed by atoms with Gasteiger partial charge in [-0.15, -0.1) is 0 Å². The Labute approximate surface area is 125 Å². The zero-order valence-electron chi connectivity index (χ0n) is 12.5. The van der Waals surface area contributed by atoms with Crippen molar-refractivity contribution in [2.45, 2.75) is 38.6 Å². The number of nitrogens with zero attached hydrogens (tertiary/aromatic N) is 2.